The van der Waals surface area contributed by atoms with Crippen molar-refractivity contribution in [3.8, 4) is 0 Å². The molecular weight excluding hydrogens is 258 g/mol. The first-order valence-electron chi connectivity index (χ1n) is 6.65. The van der Waals surface area contributed by atoms with Gasteiger partial charge in [0.2, 0.25) is 0 Å². The summed E-state index contributed by atoms with van der Waals surface area (Å²) in [4.78, 5) is 25.0. The number of aliphatic carboxylic acids is 1. The van der Waals surface area contributed by atoms with E-state index in [0.29, 0.717) is 31.1 Å². The lowest BCUT2D eigenvalue weighted by Gasteiger charge is -2.21. The molecule has 1 aromatic carbocycles. The van der Waals surface area contributed by atoms with E-state index in [4.69, 9.17) is 5.73 Å². The van der Waals surface area contributed by atoms with E-state index in [1.165, 1.54) is 0 Å². The molecule has 0 saturated carbocycles. The van der Waals surface area contributed by atoms with Crippen LogP contribution in [0.3, 0.4) is 0 Å². The predicted octanol–water partition coefficient (Wildman–Crippen LogP) is 0.803. The Morgan fingerprint density at radius 2 is 2.10 bits per heavy atom. The van der Waals surface area contributed by atoms with Gasteiger partial charge in [-0.2, -0.15) is 0 Å². The van der Waals surface area contributed by atoms with E-state index in [9.17, 15) is 14.7 Å². The van der Waals surface area contributed by atoms with E-state index in [2.05, 4.69) is 5.32 Å². The number of hydrogen-bond acceptors (Lipinski definition) is 3. The van der Waals surface area contributed by atoms with E-state index < -0.39 is 12.0 Å². The highest BCUT2D eigenvalue weighted by Gasteiger charge is 2.29. The van der Waals surface area contributed by atoms with Crippen LogP contribution in [0.4, 0.5) is 4.79 Å². The lowest BCUT2D eigenvalue weighted by Crippen LogP contribution is -2.43. The van der Waals surface area contributed by atoms with Gasteiger partial charge in [0.15, 0.2) is 6.04 Å². The quantitative estimate of drug-likeness (QED) is 0.758. The Morgan fingerprint density at radius 3 is 2.65 bits per heavy atom. The van der Waals surface area contributed by atoms with Gasteiger partial charge in [0.25, 0.3) is 0 Å². The summed E-state index contributed by atoms with van der Waals surface area (Å²) in [5.41, 5.74) is 6.14. The molecule has 1 unspecified atom stereocenters. The number of carboxylic acids is 1. The molecule has 0 aliphatic carbocycles. The maximum Gasteiger partial charge on any atom is 0.330 e. The van der Waals surface area contributed by atoms with Crippen molar-refractivity contribution < 1.29 is 14.7 Å². The zero-order valence-corrected chi connectivity index (χ0v) is 11.2. The van der Waals surface area contributed by atoms with Crippen molar-refractivity contribution in [3.05, 3.63) is 35.9 Å². The number of benzene rings is 1. The Morgan fingerprint density at radius 1 is 1.40 bits per heavy atom. The molecule has 1 aromatic rings. The highest BCUT2D eigenvalue weighted by Crippen LogP contribution is 2.17. The third kappa shape index (κ3) is 3.27. The van der Waals surface area contributed by atoms with E-state index in [1.807, 2.05) is 0 Å². The number of nitrogens with zero attached hydrogens (tertiary/aromatic N) is 1. The Bertz CT molecular complexity index is 478. The Hall–Kier alpha value is -2.08. The van der Waals surface area contributed by atoms with Gasteiger partial charge in [-0.3, -0.25) is 0 Å². The van der Waals surface area contributed by atoms with Gasteiger partial charge in [-0.1, -0.05) is 30.3 Å². The van der Waals surface area contributed by atoms with Crippen molar-refractivity contribution in [1.82, 2.24) is 10.2 Å². The smallest absolute Gasteiger partial charge is 0.330 e. The lowest BCUT2D eigenvalue weighted by molar-refractivity contribution is -0.139. The van der Waals surface area contributed by atoms with Gasteiger partial charge in [0.05, 0.1) is 0 Å². The van der Waals surface area contributed by atoms with Crippen molar-refractivity contribution in [2.75, 3.05) is 19.6 Å². The number of urea groups is 1. The standard InChI is InChI=1S/C14H19N3O3/c15-8-10-6-7-17(9-10)14(20)16-12(13(18)19)11-4-2-1-3-5-11/h1-5,10,12H,6-9,15H2,(H,16,20)(H,18,19)/t10?,12-/m0/s1. The zero-order valence-electron chi connectivity index (χ0n) is 11.2. The largest absolute Gasteiger partial charge is 0.479 e. The van der Waals surface area contributed by atoms with Crippen molar-refractivity contribution in [3.63, 3.8) is 0 Å². The van der Waals surface area contributed by atoms with Crippen LogP contribution in [0.15, 0.2) is 30.3 Å². The minimum Gasteiger partial charge on any atom is -0.479 e. The van der Waals surface area contributed by atoms with Crippen molar-refractivity contribution in [2.24, 2.45) is 11.7 Å². The van der Waals surface area contributed by atoms with Gasteiger partial charge in [-0.25, -0.2) is 9.59 Å². The number of hydrogen-bond donors (Lipinski definition) is 3. The molecule has 1 aliphatic heterocycles. The molecule has 1 aliphatic rings. The molecule has 1 heterocycles. The second-order valence-corrected chi connectivity index (χ2v) is 4.97. The summed E-state index contributed by atoms with van der Waals surface area (Å²) >= 11 is 0. The first-order valence-corrected chi connectivity index (χ1v) is 6.65. The minimum atomic E-state index is -1.07. The van der Waals surface area contributed by atoms with Gasteiger partial charge in [0.1, 0.15) is 0 Å². The number of carboxylic acid groups (broad SMARTS) is 1. The lowest BCUT2D eigenvalue weighted by atomic mass is 10.1. The molecule has 0 spiro atoms. The van der Waals surface area contributed by atoms with Crippen LogP contribution in [-0.2, 0) is 4.79 Å². The molecule has 1 fully saturated rings. The summed E-state index contributed by atoms with van der Waals surface area (Å²) in [5, 5.41) is 11.8. The molecule has 2 amide bonds. The van der Waals surface area contributed by atoms with Crippen molar-refractivity contribution >= 4 is 12.0 Å². The van der Waals surface area contributed by atoms with E-state index in [0.717, 1.165) is 6.42 Å². The van der Waals surface area contributed by atoms with Crippen LogP contribution in [0.25, 0.3) is 0 Å². The molecule has 0 radical (unpaired) electrons. The maximum atomic E-state index is 12.1. The van der Waals surface area contributed by atoms with Crippen LogP contribution in [0, 0.1) is 5.92 Å². The molecule has 6 nitrogen and oxygen atoms in total. The topological polar surface area (TPSA) is 95.7 Å². The number of nitrogens with two attached hydrogens (primary N) is 1. The molecule has 2 rings (SSSR count). The molecule has 4 N–H and O–H groups in total. The average molecular weight is 277 g/mol. The second-order valence-electron chi connectivity index (χ2n) is 4.97. The molecular formula is C14H19N3O3. The highest BCUT2D eigenvalue weighted by atomic mass is 16.4. The van der Waals surface area contributed by atoms with Crippen LogP contribution >= 0.6 is 0 Å². The van der Waals surface area contributed by atoms with Gasteiger partial charge >= 0.3 is 12.0 Å². The zero-order chi connectivity index (χ0) is 14.5. The summed E-state index contributed by atoms with van der Waals surface area (Å²) in [7, 11) is 0. The SMILES string of the molecule is NCC1CCN(C(=O)N[C@H](C(=O)O)c2ccccc2)C1. The number of likely N-dealkylation sites (tertiary alicyclic amines) is 1. The van der Waals surface area contributed by atoms with Gasteiger partial charge < -0.3 is 21.1 Å². The first-order chi connectivity index (χ1) is 9.61. The van der Waals surface area contributed by atoms with Crippen LogP contribution in [0.5, 0.6) is 0 Å². The van der Waals surface area contributed by atoms with Gasteiger partial charge in [0, 0.05) is 13.1 Å². The fourth-order valence-electron chi connectivity index (χ4n) is 2.36. The average Bonchev–Trinajstić information content (AvgIpc) is 2.94. The summed E-state index contributed by atoms with van der Waals surface area (Å²) in [6.45, 7) is 1.75. The highest BCUT2D eigenvalue weighted by molar-refractivity contribution is 5.83. The number of carbonyl (C=O) groups is 2. The van der Waals surface area contributed by atoms with Crippen LogP contribution in [0.1, 0.15) is 18.0 Å². The Labute approximate surface area is 117 Å². The summed E-state index contributed by atoms with van der Waals surface area (Å²) in [6.07, 6.45) is 0.868. The van der Waals surface area contributed by atoms with Crippen LogP contribution in [0.2, 0.25) is 0 Å². The second kappa shape index (κ2) is 6.38. The Kier molecular flexibility index (Phi) is 4.57. The third-order valence-electron chi connectivity index (χ3n) is 3.55. The summed E-state index contributed by atoms with van der Waals surface area (Å²) in [6, 6.07) is 7.29. The van der Waals surface area contributed by atoms with Gasteiger partial charge in [-0.15, -0.1) is 0 Å². The van der Waals surface area contributed by atoms with Crippen molar-refractivity contribution in [1.29, 1.82) is 0 Å². The minimum absolute atomic E-state index is 0.306. The third-order valence-corrected chi connectivity index (χ3v) is 3.55. The number of nitrogens with one attached hydrogen (secondary N) is 1. The number of carbonyl (C=O) groups excluding carboxylic acids is 1. The molecule has 108 valence electrons. The van der Waals surface area contributed by atoms with E-state index >= 15 is 0 Å². The Balaban J connectivity index is 2.02. The molecule has 20 heavy (non-hydrogen) atoms. The fraction of sp³-hybridized carbons (Fsp3) is 0.429. The first kappa shape index (κ1) is 14.3. The van der Waals surface area contributed by atoms with Gasteiger partial charge in [-0.05, 0) is 24.4 Å². The molecule has 2 atom stereocenters. The summed E-state index contributed by atoms with van der Waals surface area (Å²) in [5.74, 6) is -0.764. The number of rotatable bonds is 4. The number of amides is 2. The van der Waals surface area contributed by atoms with Crippen LogP contribution < -0.4 is 11.1 Å². The molecule has 6 heteroatoms. The summed E-state index contributed by atoms with van der Waals surface area (Å²) < 4.78 is 0. The fourth-order valence-corrected chi connectivity index (χ4v) is 2.36. The molecule has 1 saturated heterocycles. The van der Waals surface area contributed by atoms with Crippen LogP contribution in [-0.4, -0.2) is 41.6 Å². The predicted molar refractivity (Wildman–Crippen MR) is 74.1 cm³/mol. The van der Waals surface area contributed by atoms with E-state index in [-0.39, 0.29) is 6.03 Å². The maximum absolute atomic E-state index is 12.1. The molecule has 0 aromatic heterocycles. The molecule has 0 bridgehead atoms. The van der Waals surface area contributed by atoms with E-state index in [1.54, 1.807) is 35.2 Å². The monoisotopic (exact) mass is 277 g/mol. The normalized spacial score (nSPS) is 19.6. The van der Waals surface area contributed by atoms with Crippen molar-refractivity contribution in [2.45, 2.75) is 12.5 Å².